The van der Waals surface area contributed by atoms with Gasteiger partial charge in [0.2, 0.25) is 0 Å². The zero-order valence-corrected chi connectivity index (χ0v) is 12.1. The lowest BCUT2D eigenvalue weighted by Crippen LogP contribution is -2.32. The molecule has 4 nitrogen and oxygen atoms in total. The summed E-state index contributed by atoms with van der Waals surface area (Å²) in [5.74, 6) is -0.248. The van der Waals surface area contributed by atoms with Gasteiger partial charge in [-0.25, -0.2) is 8.42 Å². The van der Waals surface area contributed by atoms with Gasteiger partial charge < -0.3 is 4.90 Å². The number of rotatable bonds is 2. The molecule has 2 rings (SSSR count). The van der Waals surface area contributed by atoms with Gasteiger partial charge in [0.15, 0.2) is 0 Å². The maximum atomic E-state index is 12.4. The van der Waals surface area contributed by atoms with E-state index >= 15 is 0 Å². The Hall–Kier alpha value is -1.07. The summed E-state index contributed by atoms with van der Waals surface area (Å²) in [6.07, 6.45) is 4.14. The van der Waals surface area contributed by atoms with Crippen molar-refractivity contribution in [2.75, 3.05) is 13.1 Å². The van der Waals surface area contributed by atoms with Crippen LogP contribution in [0.2, 0.25) is 0 Å². The van der Waals surface area contributed by atoms with Gasteiger partial charge in [0.25, 0.3) is 15.0 Å². The SMILES string of the molecule is O=C(c1ccccc1S(=O)(=O)Cl)N1CCCCCC1. The van der Waals surface area contributed by atoms with Gasteiger partial charge in [0.1, 0.15) is 0 Å². The minimum Gasteiger partial charge on any atom is -0.339 e. The average molecular weight is 302 g/mol. The molecule has 6 heteroatoms. The molecule has 104 valence electrons. The van der Waals surface area contributed by atoms with E-state index in [0.29, 0.717) is 13.1 Å². The maximum absolute atomic E-state index is 12.4. The number of halogens is 1. The van der Waals surface area contributed by atoms with E-state index in [-0.39, 0.29) is 16.4 Å². The predicted octanol–water partition coefficient (Wildman–Crippen LogP) is 2.63. The molecule has 0 aliphatic carbocycles. The van der Waals surface area contributed by atoms with Crippen molar-refractivity contribution in [1.29, 1.82) is 0 Å². The van der Waals surface area contributed by atoms with Crippen LogP contribution < -0.4 is 0 Å². The number of hydrogen-bond acceptors (Lipinski definition) is 3. The number of nitrogens with zero attached hydrogens (tertiary/aromatic N) is 1. The second-order valence-electron chi connectivity index (χ2n) is 4.64. The highest BCUT2D eigenvalue weighted by Crippen LogP contribution is 2.22. The van der Waals surface area contributed by atoms with Crippen LogP contribution in [-0.4, -0.2) is 32.3 Å². The molecule has 1 aromatic rings. The Morgan fingerprint density at radius 1 is 1.05 bits per heavy atom. The average Bonchev–Trinajstić information content (AvgIpc) is 2.66. The van der Waals surface area contributed by atoms with Crippen LogP contribution in [0.25, 0.3) is 0 Å². The third-order valence-electron chi connectivity index (χ3n) is 3.27. The van der Waals surface area contributed by atoms with Crippen molar-refractivity contribution in [2.45, 2.75) is 30.6 Å². The molecule has 0 radical (unpaired) electrons. The van der Waals surface area contributed by atoms with E-state index in [0.717, 1.165) is 25.7 Å². The van der Waals surface area contributed by atoms with Gasteiger partial charge in [-0.05, 0) is 25.0 Å². The number of hydrogen-bond donors (Lipinski definition) is 0. The first-order valence-corrected chi connectivity index (χ1v) is 8.64. The molecule has 0 unspecified atom stereocenters. The minimum atomic E-state index is -3.90. The van der Waals surface area contributed by atoms with Gasteiger partial charge in [-0.15, -0.1) is 0 Å². The van der Waals surface area contributed by atoms with Gasteiger partial charge in [-0.1, -0.05) is 25.0 Å². The molecule has 0 spiro atoms. The van der Waals surface area contributed by atoms with Gasteiger partial charge in [0, 0.05) is 23.8 Å². The second kappa shape index (κ2) is 5.92. The van der Waals surface area contributed by atoms with Crippen molar-refractivity contribution in [2.24, 2.45) is 0 Å². The Balaban J connectivity index is 2.33. The largest absolute Gasteiger partial charge is 0.339 e. The number of likely N-dealkylation sites (tertiary alicyclic amines) is 1. The molecule has 1 aromatic carbocycles. The van der Waals surface area contributed by atoms with Crippen LogP contribution in [0.15, 0.2) is 29.2 Å². The third-order valence-corrected chi connectivity index (χ3v) is 4.65. The van der Waals surface area contributed by atoms with Crippen LogP contribution in [0.4, 0.5) is 0 Å². The first-order chi connectivity index (χ1) is 9.00. The Kier molecular flexibility index (Phi) is 4.47. The smallest absolute Gasteiger partial charge is 0.262 e. The molecule has 1 saturated heterocycles. The van der Waals surface area contributed by atoms with E-state index < -0.39 is 9.05 Å². The normalized spacial score (nSPS) is 17.0. The van der Waals surface area contributed by atoms with Crippen molar-refractivity contribution in [3.8, 4) is 0 Å². The van der Waals surface area contributed by atoms with Crippen molar-refractivity contribution >= 4 is 25.6 Å². The quantitative estimate of drug-likeness (QED) is 0.789. The fraction of sp³-hybridized carbons (Fsp3) is 0.462. The van der Waals surface area contributed by atoms with Gasteiger partial charge in [-0.2, -0.15) is 0 Å². The number of benzene rings is 1. The molecule has 0 saturated carbocycles. The molecule has 1 amide bonds. The highest BCUT2D eigenvalue weighted by atomic mass is 35.7. The monoisotopic (exact) mass is 301 g/mol. The third kappa shape index (κ3) is 3.48. The first kappa shape index (κ1) is 14.3. The zero-order valence-electron chi connectivity index (χ0n) is 10.5. The Morgan fingerprint density at radius 2 is 1.63 bits per heavy atom. The first-order valence-electron chi connectivity index (χ1n) is 6.33. The lowest BCUT2D eigenvalue weighted by molar-refractivity contribution is 0.0758. The zero-order chi connectivity index (χ0) is 13.9. The Morgan fingerprint density at radius 3 is 2.21 bits per heavy atom. The van der Waals surface area contributed by atoms with Crippen LogP contribution in [0.3, 0.4) is 0 Å². The summed E-state index contributed by atoms with van der Waals surface area (Å²) in [4.78, 5) is 14.0. The molecule has 1 aliphatic heterocycles. The van der Waals surface area contributed by atoms with Crippen LogP contribution in [-0.2, 0) is 9.05 Å². The summed E-state index contributed by atoms with van der Waals surface area (Å²) >= 11 is 0. The van der Waals surface area contributed by atoms with Gasteiger partial charge in [0.05, 0.1) is 10.5 Å². The highest BCUT2D eigenvalue weighted by Gasteiger charge is 2.24. The fourth-order valence-electron chi connectivity index (χ4n) is 2.30. The maximum Gasteiger partial charge on any atom is 0.262 e. The summed E-state index contributed by atoms with van der Waals surface area (Å²) in [6.45, 7) is 1.35. The van der Waals surface area contributed by atoms with Crippen LogP contribution >= 0.6 is 10.7 Å². The van der Waals surface area contributed by atoms with Gasteiger partial charge >= 0.3 is 0 Å². The minimum absolute atomic E-state index is 0.106. The molecule has 0 N–H and O–H groups in total. The van der Waals surface area contributed by atoms with E-state index in [1.807, 2.05) is 0 Å². The van der Waals surface area contributed by atoms with E-state index in [4.69, 9.17) is 10.7 Å². The lowest BCUT2D eigenvalue weighted by atomic mass is 10.2. The summed E-state index contributed by atoms with van der Waals surface area (Å²) in [5, 5.41) is 0. The summed E-state index contributed by atoms with van der Waals surface area (Å²) < 4.78 is 23.0. The molecular weight excluding hydrogens is 286 g/mol. The van der Waals surface area contributed by atoms with E-state index in [1.54, 1.807) is 17.0 Å². The fourth-order valence-corrected chi connectivity index (χ4v) is 3.36. The predicted molar refractivity (Wildman–Crippen MR) is 73.9 cm³/mol. The second-order valence-corrected chi connectivity index (χ2v) is 7.17. The Bertz CT molecular complexity index is 563. The summed E-state index contributed by atoms with van der Waals surface area (Å²) in [6, 6.07) is 6.10. The van der Waals surface area contributed by atoms with E-state index in [9.17, 15) is 13.2 Å². The molecule has 0 bridgehead atoms. The topological polar surface area (TPSA) is 54.5 Å². The van der Waals surface area contributed by atoms with Crippen molar-refractivity contribution < 1.29 is 13.2 Å². The van der Waals surface area contributed by atoms with Crippen molar-refractivity contribution in [1.82, 2.24) is 4.90 Å². The molecule has 0 atom stereocenters. The van der Waals surface area contributed by atoms with Crippen LogP contribution in [0.5, 0.6) is 0 Å². The molecule has 0 aromatic heterocycles. The van der Waals surface area contributed by atoms with Crippen molar-refractivity contribution in [3.63, 3.8) is 0 Å². The number of amides is 1. The summed E-state index contributed by atoms with van der Waals surface area (Å²) in [7, 11) is 1.48. The molecular formula is C13H16ClNO3S. The lowest BCUT2D eigenvalue weighted by Gasteiger charge is -2.21. The number of carbonyl (C=O) groups excluding carboxylic acids is 1. The summed E-state index contributed by atoms with van der Waals surface area (Å²) in [5.41, 5.74) is 0.166. The molecule has 1 aliphatic rings. The molecule has 19 heavy (non-hydrogen) atoms. The number of carbonyl (C=O) groups is 1. The van der Waals surface area contributed by atoms with Gasteiger partial charge in [-0.3, -0.25) is 4.79 Å². The highest BCUT2D eigenvalue weighted by molar-refractivity contribution is 8.13. The van der Waals surface area contributed by atoms with Crippen molar-refractivity contribution in [3.05, 3.63) is 29.8 Å². The molecule has 1 fully saturated rings. The molecule has 1 heterocycles. The van der Waals surface area contributed by atoms with Crippen LogP contribution in [0, 0.1) is 0 Å². The Labute approximate surface area is 117 Å². The standard InChI is InChI=1S/C13H16ClNO3S/c14-19(17,18)12-8-4-3-7-11(12)13(16)15-9-5-1-2-6-10-15/h3-4,7-8H,1-2,5-6,9-10H2. The van der Waals surface area contributed by atoms with Crippen LogP contribution in [0.1, 0.15) is 36.0 Å². The van der Waals surface area contributed by atoms with E-state index in [1.165, 1.54) is 12.1 Å². The van der Waals surface area contributed by atoms with E-state index in [2.05, 4.69) is 0 Å².